The Balaban J connectivity index is 4.02. The first-order valence-electron chi connectivity index (χ1n) is 21.4. The summed E-state index contributed by atoms with van der Waals surface area (Å²) in [5.74, 6) is -0.813. The number of ketones is 1. The zero-order valence-corrected chi connectivity index (χ0v) is 35.0. The molecule has 9 nitrogen and oxygen atoms in total. The zero-order chi connectivity index (χ0) is 39.8. The molecule has 0 unspecified atom stereocenters. The third-order valence-corrected chi connectivity index (χ3v) is 9.56. The third kappa shape index (κ3) is 40.9. The number of unbranched alkanes of at least 4 members (excludes halogenated alkanes) is 20. The maximum Gasteiger partial charge on any atom is 0.469 e. The van der Waals surface area contributed by atoms with Crippen LogP contribution >= 0.6 is 7.82 Å². The van der Waals surface area contributed by atoms with E-state index in [1.807, 2.05) is 24.3 Å². The second-order valence-electron chi connectivity index (χ2n) is 14.4. The maximum atomic E-state index is 12.4. The van der Waals surface area contributed by atoms with Crippen molar-refractivity contribution >= 4 is 25.5 Å². The van der Waals surface area contributed by atoms with E-state index in [2.05, 4.69) is 30.5 Å². The Labute approximate surface area is 329 Å². The van der Waals surface area contributed by atoms with Gasteiger partial charge in [-0.3, -0.25) is 18.9 Å². The first-order valence-corrected chi connectivity index (χ1v) is 22.9. The largest absolute Gasteiger partial charge is 0.469 e. The van der Waals surface area contributed by atoms with Crippen molar-refractivity contribution in [2.45, 2.75) is 200 Å². The van der Waals surface area contributed by atoms with E-state index >= 15 is 0 Å². The molecule has 0 saturated heterocycles. The number of carbonyl (C=O) groups excluding carboxylic acids is 3. The van der Waals surface area contributed by atoms with Crippen molar-refractivity contribution in [2.24, 2.45) is 0 Å². The van der Waals surface area contributed by atoms with Crippen LogP contribution in [-0.4, -0.2) is 46.8 Å². The molecule has 10 heteroatoms. The van der Waals surface area contributed by atoms with E-state index in [4.69, 9.17) is 19.3 Å². The molecule has 0 aromatic rings. The van der Waals surface area contributed by atoms with E-state index in [1.54, 1.807) is 12.2 Å². The van der Waals surface area contributed by atoms with Gasteiger partial charge in [0.2, 0.25) is 0 Å². The van der Waals surface area contributed by atoms with Crippen molar-refractivity contribution in [2.75, 3.05) is 13.2 Å². The Morgan fingerprint density at radius 1 is 0.537 bits per heavy atom. The minimum atomic E-state index is -4.78. The second kappa shape index (κ2) is 38.9. The highest BCUT2D eigenvalue weighted by Gasteiger charge is 2.22. The number of rotatable bonds is 39. The Hall–Kier alpha value is -2.32. The van der Waals surface area contributed by atoms with Crippen molar-refractivity contribution in [3.63, 3.8) is 0 Å². The van der Waals surface area contributed by atoms with E-state index in [1.165, 1.54) is 89.9 Å². The van der Waals surface area contributed by atoms with Gasteiger partial charge in [0.1, 0.15) is 6.61 Å². The van der Waals surface area contributed by atoms with Crippen LogP contribution in [0.4, 0.5) is 0 Å². The van der Waals surface area contributed by atoms with Gasteiger partial charge < -0.3 is 19.3 Å². The van der Waals surface area contributed by atoms with Gasteiger partial charge in [0, 0.05) is 19.3 Å². The molecule has 0 fully saturated rings. The molecule has 0 heterocycles. The molecular weight excluding hydrogens is 703 g/mol. The quantitative estimate of drug-likeness (QED) is 0.0156. The van der Waals surface area contributed by atoms with Crippen LogP contribution in [0.15, 0.2) is 48.6 Å². The highest BCUT2D eigenvalue weighted by molar-refractivity contribution is 7.46. The number of phosphoric acid groups is 1. The molecule has 2 N–H and O–H groups in total. The Morgan fingerprint density at radius 2 is 1.00 bits per heavy atom. The summed E-state index contributed by atoms with van der Waals surface area (Å²) >= 11 is 0. The summed E-state index contributed by atoms with van der Waals surface area (Å²) in [7, 11) is -4.78. The van der Waals surface area contributed by atoms with Gasteiger partial charge in [-0.05, 0) is 44.6 Å². The number of carbonyl (C=O) groups is 3. The van der Waals surface area contributed by atoms with E-state index in [0.717, 1.165) is 51.4 Å². The van der Waals surface area contributed by atoms with E-state index < -0.39 is 32.5 Å². The van der Waals surface area contributed by atoms with Gasteiger partial charge in [0.25, 0.3) is 0 Å². The molecule has 0 saturated carbocycles. The Kier molecular flexibility index (Phi) is 37.3. The standard InChI is InChI=1S/C44H77O9P/c1-3-5-7-8-9-10-11-12-13-14-15-16-17-20-24-27-30-34-38-44(47)53-42(40-52-54(48,49)50)39-51-43(46)37-33-29-26-23-21-18-19-22-25-28-32-36-41(45)35-31-6-4-2/h18-19,23,25-26,28,32,36,42H,3-17,20-22,24,27,29-31,33-35,37-40H2,1-2H3,(H2,48,49,50)/b19-18-,26-23-,28-25-,36-32+/t42-/m1/s1. The molecular formula is C44H77O9P. The van der Waals surface area contributed by atoms with Gasteiger partial charge in [-0.1, -0.05) is 178 Å². The average molecular weight is 781 g/mol. The third-order valence-electron chi connectivity index (χ3n) is 9.08. The molecule has 0 rings (SSSR count). The number of ether oxygens (including phenoxy) is 2. The lowest BCUT2D eigenvalue weighted by molar-refractivity contribution is -0.161. The molecule has 1 atom stereocenters. The molecule has 0 aromatic carbocycles. The second-order valence-corrected chi connectivity index (χ2v) is 15.6. The smallest absolute Gasteiger partial charge is 0.462 e. The minimum absolute atomic E-state index is 0.166. The summed E-state index contributed by atoms with van der Waals surface area (Å²) in [5.41, 5.74) is 0. The summed E-state index contributed by atoms with van der Waals surface area (Å²) in [5, 5.41) is 0. The van der Waals surface area contributed by atoms with Crippen LogP contribution in [0.5, 0.6) is 0 Å². The lowest BCUT2D eigenvalue weighted by Gasteiger charge is -2.18. The SMILES string of the molecule is CCCCCCCCCCCCCCCCCCCCC(=O)O[C@H](COC(=O)CCC/C=C\C/C=C\C/C=C\C=C\C(=O)CCCCC)COP(=O)(O)O. The molecule has 0 aliphatic carbocycles. The fraction of sp³-hybridized carbons (Fsp3) is 0.750. The van der Waals surface area contributed by atoms with Crippen LogP contribution in [0.25, 0.3) is 0 Å². The molecule has 0 aliphatic heterocycles. The van der Waals surface area contributed by atoms with E-state index in [9.17, 15) is 18.9 Å². The molecule has 0 radical (unpaired) electrons. The summed E-state index contributed by atoms with van der Waals surface area (Å²) in [6.07, 6.45) is 43.9. The Morgan fingerprint density at radius 3 is 1.56 bits per heavy atom. The number of phosphoric ester groups is 1. The van der Waals surface area contributed by atoms with Gasteiger partial charge in [-0.2, -0.15) is 0 Å². The minimum Gasteiger partial charge on any atom is -0.462 e. The van der Waals surface area contributed by atoms with Crippen LogP contribution in [0.2, 0.25) is 0 Å². The molecule has 0 aliphatic rings. The predicted molar refractivity (Wildman–Crippen MR) is 221 cm³/mol. The molecule has 0 amide bonds. The first-order chi connectivity index (χ1) is 26.2. The van der Waals surface area contributed by atoms with Crippen molar-refractivity contribution in [1.29, 1.82) is 0 Å². The molecule has 0 bridgehead atoms. The fourth-order valence-corrected chi connectivity index (χ4v) is 6.21. The summed E-state index contributed by atoms with van der Waals surface area (Å²) < 4.78 is 26.3. The summed E-state index contributed by atoms with van der Waals surface area (Å²) in [4.78, 5) is 54.5. The maximum absolute atomic E-state index is 12.4. The van der Waals surface area contributed by atoms with Crippen LogP contribution in [-0.2, 0) is 32.9 Å². The van der Waals surface area contributed by atoms with Crippen molar-refractivity contribution < 1.29 is 42.7 Å². The highest BCUT2D eigenvalue weighted by Crippen LogP contribution is 2.36. The lowest BCUT2D eigenvalue weighted by atomic mass is 10.0. The molecule has 0 spiro atoms. The van der Waals surface area contributed by atoms with Crippen LogP contribution in [0, 0.1) is 0 Å². The molecule has 0 aromatic heterocycles. The predicted octanol–water partition coefficient (Wildman–Crippen LogP) is 12.3. The number of hydrogen-bond donors (Lipinski definition) is 2. The highest BCUT2D eigenvalue weighted by atomic mass is 31.2. The van der Waals surface area contributed by atoms with Gasteiger partial charge in [0.05, 0.1) is 6.61 Å². The van der Waals surface area contributed by atoms with Crippen LogP contribution < -0.4 is 0 Å². The number of allylic oxidation sites excluding steroid dienone is 8. The first kappa shape index (κ1) is 51.7. The summed E-state index contributed by atoms with van der Waals surface area (Å²) in [6, 6.07) is 0. The molecule has 312 valence electrons. The normalized spacial score (nSPS) is 12.8. The van der Waals surface area contributed by atoms with Crippen LogP contribution in [0.1, 0.15) is 194 Å². The Bertz CT molecular complexity index is 1080. The van der Waals surface area contributed by atoms with Crippen molar-refractivity contribution in [3.8, 4) is 0 Å². The van der Waals surface area contributed by atoms with E-state index in [0.29, 0.717) is 25.7 Å². The lowest BCUT2D eigenvalue weighted by Crippen LogP contribution is -2.29. The van der Waals surface area contributed by atoms with Gasteiger partial charge in [-0.25, -0.2) is 4.57 Å². The number of hydrogen-bond acceptors (Lipinski definition) is 7. The topological polar surface area (TPSA) is 136 Å². The van der Waals surface area contributed by atoms with E-state index in [-0.39, 0.29) is 25.2 Å². The molecule has 54 heavy (non-hydrogen) atoms. The zero-order valence-electron chi connectivity index (χ0n) is 34.1. The van der Waals surface area contributed by atoms with Crippen molar-refractivity contribution in [3.05, 3.63) is 48.6 Å². The monoisotopic (exact) mass is 781 g/mol. The van der Waals surface area contributed by atoms with Gasteiger partial charge in [0.15, 0.2) is 11.9 Å². The fourth-order valence-electron chi connectivity index (χ4n) is 5.85. The van der Waals surface area contributed by atoms with Crippen molar-refractivity contribution in [1.82, 2.24) is 0 Å². The number of esters is 2. The average Bonchev–Trinajstić information content (AvgIpc) is 3.13. The van der Waals surface area contributed by atoms with Crippen LogP contribution in [0.3, 0.4) is 0 Å². The van der Waals surface area contributed by atoms with Gasteiger partial charge >= 0.3 is 19.8 Å². The summed E-state index contributed by atoms with van der Waals surface area (Å²) in [6.45, 7) is 3.49. The van der Waals surface area contributed by atoms with Gasteiger partial charge in [-0.15, -0.1) is 0 Å².